The molecular formula is C13H19N3O2. The Hall–Kier alpha value is -1.62. The monoisotopic (exact) mass is 249 g/mol. The van der Waals surface area contributed by atoms with E-state index in [2.05, 4.69) is 10.3 Å². The first kappa shape index (κ1) is 12.8. The average molecular weight is 249 g/mol. The van der Waals surface area contributed by atoms with Crippen molar-refractivity contribution in [1.82, 2.24) is 10.3 Å². The van der Waals surface area contributed by atoms with Gasteiger partial charge in [-0.15, -0.1) is 0 Å². The molecular weight excluding hydrogens is 230 g/mol. The predicted octanol–water partition coefficient (Wildman–Crippen LogP) is 1.13. The summed E-state index contributed by atoms with van der Waals surface area (Å²) in [7, 11) is 0. The third-order valence-corrected chi connectivity index (χ3v) is 3.16. The summed E-state index contributed by atoms with van der Waals surface area (Å²) in [5.41, 5.74) is 6.81. The van der Waals surface area contributed by atoms with Gasteiger partial charge in [-0.3, -0.25) is 4.79 Å². The van der Waals surface area contributed by atoms with E-state index >= 15 is 0 Å². The number of anilines is 1. The summed E-state index contributed by atoms with van der Waals surface area (Å²) in [6.45, 7) is 5.22. The van der Waals surface area contributed by atoms with E-state index < -0.39 is 0 Å². The van der Waals surface area contributed by atoms with E-state index in [1.807, 2.05) is 13.8 Å². The van der Waals surface area contributed by atoms with Crippen LogP contribution in [0.2, 0.25) is 0 Å². The van der Waals surface area contributed by atoms with Crippen molar-refractivity contribution in [2.75, 3.05) is 18.9 Å². The molecule has 98 valence electrons. The second kappa shape index (κ2) is 4.94. The quantitative estimate of drug-likeness (QED) is 0.842. The minimum atomic E-state index is -0.276. The lowest BCUT2D eigenvalue weighted by Crippen LogP contribution is -2.46. The third-order valence-electron chi connectivity index (χ3n) is 3.16. The maximum Gasteiger partial charge on any atom is 0.251 e. The number of carbonyl (C=O) groups excluding carboxylic acids is 1. The van der Waals surface area contributed by atoms with Gasteiger partial charge in [-0.05, 0) is 31.9 Å². The number of nitrogens with two attached hydrogens (primary N) is 1. The number of aryl methyl sites for hydroxylation is 1. The third kappa shape index (κ3) is 2.79. The van der Waals surface area contributed by atoms with Crippen LogP contribution in [0.3, 0.4) is 0 Å². The fraction of sp³-hybridized carbons (Fsp3) is 0.538. The Morgan fingerprint density at radius 3 is 3.00 bits per heavy atom. The van der Waals surface area contributed by atoms with E-state index in [0.717, 1.165) is 18.5 Å². The van der Waals surface area contributed by atoms with Gasteiger partial charge in [-0.2, -0.15) is 0 Å². The molecule has 1 saturated heterocycles. The lowest BCUT2D eigenvalue weighted by atomic mass is 10.0. The number of hydrogen-bond donors (Lipinski definition) is 2. The van der Waals surface area contributed by atoms with Crippen molar-refractivity contribution in [3.8, 4) is 0 Å². The molecule has 1 atom stereocenters. The van der Waals surface area contributed by atoms with Gasteiger partial charge >= 0.3 is 0 Å². The summed E-state index contributed by atoms with van der Waals surface area (Å²) < 4.78 is 5.31. The molecule has 1 aromatic rings. The molecule has 2 heterocycles. The van der Waals surface area contributed by atoms with Crippen molar-refractivity contribution in [2.45, 2.75) is 32.2 Å². The van der Waals surface area contributed by atoms with Crippen molar-refractivity contribution in [2.24, 2.45) is 0 Å². The second-order valence-electron chi connectivity index (χ2n) is 4.94. The number of carbonyl (C=O) groups is 1. The topological polar surface area (TPSA) is 77.2 Å². The van der Waals surface area contributed by atoms with Crippen LogP contribution in [-0.2, 0) is 11.2 Å². The highest BCUT2D eigenvalue weighted by molar-refractivity contribution is 5.95. The molecule has 5 nitrogen and oxygen atoms in total. The Balaban J connectivity index is 2.15. The highest BCUT2D eigenvalue weighted by atomic mass is 16.5. The van der Waals surface area contributed by atoms with Gasteiger partial charge in [-0.25, -0.2) is 4.98 Å². The van der Waals surface area contributed by atoms with Crippen molar-refractivity contribution in [1.29, 1.82) is 0 Å². The molecule has 0 saturated carbocycles. The number of aromatic nitrogens is 1. The average Bonchev–Trinajstić information content (AvgIpc) is 2.74. The van der Waals surface area contributed by atoms with Crippen LogP contribution in [0.5, 0.6) is 0 Å². The Kier molecular flexibility index (Phi) is 3.52. The van der Waals surface area contributed by atoms with Crippen LogP contribution in [-0.4, -0.2) is 29.6 Å². The van der Waals surface area contributed by atoms with Crippen LogP contribution in [0.15, 0.2) is 12.1 Å². The Morgan fingerprint density at radius 2 is 2.39 bits per heavy atom. The molecule has 18 heavy (non-hydrogen) atoms. The number of nitrogens with zero attached hydrogens (tertiary/aromatic N) is 1. The van der Waals surface area contributed by atoms with Gasteiger partial charge in [0.05, 0.1) is 12.1 Å². The second-order valence-corrected chi connectivity index (χ2v) is 4.94. The number of pyridine rings is 1. The summed E-state index contributed by atoms with van der Waals surface area (Å²) in [4.78, 5) is 16.3. The van der Waals surface area contributed by atoms with E-state index in [-0.39, 0.29) is 11.4 Å². The summed E-state index contributed by atoms with van der Waals surface area (Å²) in [5.74, 6) is 0.263. The lowest BCUT2D eigenvalue weighted by Gasteiger charge is -2.23. The van der Waals surface area contributed by atoms with E-state index in [1.165, 1.54) is 0 Å². The minimum absolute atomic E-state index is 0.119. The smallest absolute Gasteiger partial charge is 0.251 e. The molecule has 0 aromatic carbocycles. The zero-order valence-electron chi connectivity index (χ0n) is 10.8. The number of nitrogen functional groups attached to an aromatic ring is 1. The Bertz CT molecular complexity index is 454. The van der Waals surface area contributed by atoms with Gasteiger partial charge < -0.3 is 15.8 Å². The minimum Gasteiger partial charge on any atom is -0.384 e. The van der Waals surface area contributed by atoms with Crippen molar-refractivity contribution in [3.05, 3.63) is 23.4 Å². The number of nitrogens with one attached hydrogen (secondary N) is 1. The summed E-state index contributed by atoms with van der Waals surface area (Å²) >= 11 is 0. The molecule has 3 N–H and O–H groups in total. The molecule has 0 radical (unpaired) electrons. The molecule has 0 spiro atoms. The Morgan fingerprint density at radius 1 is 1.61 bits per heavy atom. The molecule has 1 amide bonds. The molecule has 1 unspecified atom stereocenters. The Labute approximate surface area is 107 Å². The zero-order valence-corrected chi connectivity index (χ0v) is 10.8. The number of amides is 1. The first-order valence-corrected chi connectivity index (χ1v) is 6.19. The zero-order chi connectivity index (χ0) is 13.2. The predicted molar refractivity (Wildman–Crippen MR) is 69.3 cm³/mol. The van der Waals surface area contributed by atoms with Crippen LogP contribution in [0.25, 0.3) is 0 Å². The molecule has 0 bridgehead atoms. The molecule has 1 aromatic heterocycles. The summed E-state index contributed by atoms with van der Waals surface area (Å²) in [5, 5.41) is 3.00. The van der Waals surface area contributed by atoms with Crippen LogP contribution in [0, 0.1) is 0 Å². The van der Waals surface area contributed by atoms with E-state index in [4.69, 9.17) is 10.5 Å². The molecule has 1 aliphatic rings. The lowest BCUT2D eigenvalue weighted by molar-refractivity contribution is 0.0889. The van der Waals surface area contributed by atoms with E-state index in [1.54, 1.807) is 12.1 Å². The maximum atomic E-state index is 12.2. The molecule has 5 heteroatoms. The fourth-order valence-electron chi connectivity index (χ4n) is 2.03. The summed E-state index contributed by atoms with van der Waals surface area (Å²) in [6, 6.07) is 3.39. The first-order valence-electron chi connectivity index (χ1n) is 6.19. The van der Waals surface area contributed by atoms with Gasteiger partial charge in [0.2, 0.25) is 0 Å². The van der Waals surface area contributed by atoms with Crippen molar-refractivity contribution >= 4 is 11.7 Å². The molecule has 0 aliphatic carbocycles. The first-order chi connectivity index (χ1) is 8.52. The van der Waals surface area contributed by atoms with Crippen LogP contribution in [0.1, 0.15) is 36.3 Å². The van der Waals surface area contributed by atoms with Gasteiger partial charge in [0.1, 0.15) is 5.82 Å². The van der Waals surface area contributed by atoms with Gasteiger partial charge in [0, 0.05) is 17.9 Å². The van der Waals surface area contributed by atoms with Gasteiger partial charge in [0.25, 0.3) is 5.91 Å². The standard InChI is InChI=1S/C13H19N3O2/c1-3-10-6-9(7-11(14)15-10)12(17)16-13(2)4-5-18-8-13/h6-7H,3-5,8H2,1-2H3,(H2,14,15)(H,16,17). The van der Waals surface area contributed by atoms with Gasteiger partial charge in [-0.1, -0.05) is 6.92 Å². The van der Waals surface area contributed by atoms with Crippen LogP contribution in [0.4, 0.5) is 5.82 Å². The van der Waals surface area contributed by atoms with Crippen LogP contribution >= 0.6 is 0 Å². The normalized spacial score (nSPS) is 23.0. The number of hydrogen-bond acceptors (Lipinski definition) is 4. The molecule has 1 aliphatic heterocycles. The van der Waals surface area contributed by atoms with E-state index in [0.29, 0.717) is 24.6 Å². The SMILES string of the molecule is CCc1cc(C(=O)NC2(C)CCOC2)cc(N)n1. The van der Waals surface area contributed by atoms with Crippen molar-refractivity contribution < 1.29 is 9.53 Å². The van der Waals surface area contributed by atoms with Crippen molar-refractivity contribution in [3.63, 3.8) is 0 Å². The van der Waals surface area contributed by atoms with E-state index in [9.17, 15) is 4.79 Å². The largest absolute Gasteiger partial charge is 0.384 e. The number of ether oxygens (including phenoxy) is 1. The highest BCUT2D eigenvalue weighted by Crippen LogP contribution is 2.18. The van der Waals surface area contributed by atoms with Crippen LogP contribution < -0.4 is 11.1 Å². The fourth-order valence-corrected chi connectivity index (χ4v) is 2.03. The molecule has 2 rings (SSSR count). The molecule has 1 fully saturated rings. The summed E-state index contributed by atoms with van der Waals surface area (Å²) in [6.07, 6.45) is 1.59. The highest BCUT2D eigenvalue weighted by Gasteiger charge is 2.31. The number of rotatable bonds is 3. The van der Waals surface area contributed by atoms with Gasteiger partial charge in [0.15, 0.2) is 0 Å². The maximum absolute atomic E-state index is 12.2.